The lowest BCUT2D eigenvalue weighted by Crippen LogP contribution is -2.22. The zero-order valence-electron chi connectivity index (χ0n) is 10.7. The number of anilines is 2. The molecule has 0 aliphatic carbocycles. The van der Waals surface area contributed by atoms with Gasteiger partial charge in [0.25, 0.3) is 11.9 Å². The summed E-state index contributed by atoms with van der Waals surface area (Å²) < 4.78 is 59.9. The number of benzene rings is 1. The van der Waals surface area contributed by atoms with Gasteiger partial charge in [-0.05, 0) is 18.6 Å². The molecule has 2 aromatic rings. The Labute approximate surface area is 117 Å². The Balaban J connectivity index is 2.21. The number of nitrogens with zero attached hydrogens (tertiary/aromatic N) is 2. The van der Waals surface area contributed by atoms with Gasteiger partial charge in [-0.1, -0.05) is 12.1 Å². The van der Waals surface area contributed by atoms with Crippen LogP contribution in [-0.2, 0) is 0 Å². The molecule has 0 atom stereocenters. The molecule has 0 saturated carbocycles. The average molecular weight is 298 g/mol. The Hall–Kier alpha value is -2.31. The number of fused-ring (bicyclic) bond motifs is 1. The Morgan fingerprint density at radius 3 is 2.38 bits per heavy atom. The van der Waals surface area contributed by atoms with Crippen molar-refractivity contribution < 1.29 is 22.3 Å². The fraction of sp³-hybridized carbons (Fsp3) is 0.214. The van der Waals surface area contributed by atoms with E-state index in [2.05, 4.69) is 4.98 Å². The largest absolute Gasteiger partial charge is 0.491 e. The standard InChI is InChI=1S/C14H10F4N2O/c15-10-12(11(16)14(18)19-13(10)17)20-6-3-7-21-9-5-2-1-4-8(9)20/h1-2,4-5H,3,6-7H2. The highest BCUT2D eigenvalue weighted by molar-refractivity contribution is 5.70. The van der Waals surface area contributed by atoms with Crippen LogP contribution in [0.2, 0.25) is 0 Å². The molecule has 0 amide bonds. The van der Waals surface area contributed by atoms with Crippen molar-refractivity contribution in [2.45, 2.75) is 6.42 Å². The third kappa shape index (κ3) is 2.28. The van der Waals surface area contributed by atoms with Crippen LogP contribution in [0.5, 0.6) is 5.75 Å². The first kappa shape index (κ1) is 13.7. The fourth-order valence-corrected chi connectivity index (χ4v) is 2.27. The minimum absolute atomic E-state index is 0.160. The number of pyridine rings is 1. The second kappa shape index (κ2) is 5.23. The molecule has 0 radical (unpaired) electrons. The summed E-state index contributed by atoms with van der Waals surface area (Å²) in [7, 11) is 0. The molecule has 110 valence electrons. The van der Waals surface area contributed by atoms with Gasteiger partial charge in [-0.15, -0.1) is 0 Å². The summed E-state index contributed by atoms with van der Waals surface area (Å²) in [6.45, 7) is 0.501. The van der Waals surface area contributed by atoms with Crippen LogP contribution < -0.4 is 9.64 Å². The van der Waals surface area contributed by atoms with Crippen molar-refractivity contribution in [3.8, 4) is 5.75 Å². The molecule has 0 N–H and O–H groups in total. The molecular weight excluding hydrogens is 288 g/mol. The predicted octanol–water partition coefficient (Wildman–Crippen LogP) is 3.56. The van der Waals surface area contributed by atoms with Crippen molar-refractivity contribution in [2.24, 2.45) is 0 Å². The van der Waals surface area contributed by atoms with Gasteiger partial charge >= 0.3 is 0 Å². The third-order valence-electron chi connectivity index (χ3n) is 3.18. The molecule has 0 bridgehead atoms. The first-order valence-electron chi connectivity index (χ1n) is 6.29. The monoisotopic (exact) mass is 298 g/mol. The van der Waals surface area contributed by atoms with E-state index < -0.39 is 29.2 Å². The molecule has 3 rings (SSSR count). The second-order valence-corrected chi connectivity index (χ2v) is 4.49. The number of aromatic nitrogens is 1. The Kier molecular flexibility index (Phi) is 3.40. The van der Waals surface area contributed by atoms with E-state index in [0.717, 1.165) is 0 Å². The van der Waals surface area contributed by atoms with Crippen LogP contribution >= 0.6 is 0 Å². The molecule has 21 heavy (non-hydrogen) atoms. The van der Waals surface area contributed by atoms with Crippen LogP contribution in [-0.4, -0.2) is 18.1 Å². The first-order valence-corrected chi connectivity index (χ1v) is 6.29. The molecule has 0 unspecified atom stereocenters. The van der Waals surface area contributed by atoms with Crippen molar-refractivity contribution in [3.05, 3.63) is 47.8 Å². The van der Waals surface area contributed by atoms with Gasteiger partial charge in [0.05, 0.1) is 12.3 Å². The van der Waals surface area contributed by atoms with Gasteiger partial charge in [-0.25, -0.2) is 0 Å². The molecule has 1 aliphatic heterocycles. The van der Waals surface area contributed by atoms with Gasteiger partial charge in [0.1, 0.15) is 11.4 Å². The van der Waals surface area contributed by atoms with E-state index in [1.807, 2.05) is 0 Å². The van der Waals surface area contributed by atoms with Crippen LogP contribution in [0.25, 0.3) is 0 Å². The lowest BCUT2D eigenvalue weighted by molar-refractivity contribution is 0.322. The minimum Gasteiger partial charge on any atom is -0.491 e. The predicted molar refractivity (Wildman–Crippen MR) is 67.6 cm³/mol. The second-order valence-electron chi connectivity index (χ2n) is 4.49. The number of rotatable bonds is 1. The molecule has 0 spiro atoms. The fourth-order valence-electron chi connectivity index (χ4n) is 2.27. The van der Waals surface area contributed by atoms with E-state index in [1.54, 1.807) is 24.3 Å². The smallest absolute Gasteiger partial charge is 0.253 e. The van der Waals surface area contributed by atoms with E-state index >= 15 is 0 Å². The van der Waals surface area contributed by atoms with Crippen LogP contribution in [0.3, 0.4) is 0 Å². The highest BCUT2D eigenvalue weighted by Gasteiger charge is 2.28. The van der Waals surface area contributed by atoms with Crippen molar-refractivity contribution in [1.29, 1.82) is 0 Å². The van der Waals surface area contributed by atoms with E-state index in [1.165, 1.54) is 4.90 Å². The topological polar surface area (TPSA) is 25.4 Å². The summed E-state index contributed by atoms with van der Waals surface area (Å²) in [5.41, 5.74) is -0.448. The molecule has 0 fully saturated rings. The highest BCUT2D eigenvalue weighted by Crippen LogP contribution is 2.38. The summed E-state index contributed by atoms with van der Waals surface area (Å²) in [6.07, 6.45) is 0.444. The van der Waals surface area contributed by atoms with E-state index in [4.69, 9.17) is 4.74 Å². The number of hydrogen-bond donors (Lipinski definition) is 0. The van der Waals surface area contributed by atoms with Gasteiger partial charge in [-0.2, -0.15) is 22.5 Å². The summed E-state index contributed by atoms with van der Waals surface area (Å²) in [5, 5.41) is 0. The molecule has 0 saturated heterocycles. The molecular formula is C14H10F4N2O. The normalized spacial score (nSPS) is 14.4. The maximum Gasteiger partial charge on any atom is 0.253 e. The maximum atomic E-state index is 13.9. The summed E-state index contributed by atoms with van der Waals surface area (Å²) in [5.74, 6) is -6.00. The van der Waals surface area contributed by atoms with Crippen molar-refractivity contribution >= 4 is 11.4 Å². The minimum atomic E-state index is -1.67. The highest BCUT2D eigenvalue weighted by atomic mass is 19.2. The van der Waals surface area contributed by atoms with Crippen LogP contribution in [0.4, 0.5) is 28.9 Å². The number of hydrogen-bond acceptors (Lipinski definition) is 3. The Bertz CT molecular complexity index is 667. The van der Waals surface area contributed by atoms with Gasteiger partial charge < -0.3 is 9.64 Å². The lowest BCUT2D eigenvalue weighted by atomic mass is 10.2. The van der Waals surface area contributed by atoms with Gasteiger partial charge in [-0.3, -0.25) is 0 Å². The first-order chi connectivity index (χ1) is 10.1. The molecule has 1 aliphatic rings. The molecule has 7 heteroatoms. The van der Waals surface area contributed by atoms with Gasteiger partial charge in [0, 0.05) is 6.54 Å². The summed E-state index contributed by atoms with van der Waals surface area (Å²) >= 11 is 0. The van der Waals surface area contributed by atoms with Crippen LogP contribution in [0.15, 0.2) is 24.3 Å². The molecule has 3 nitrogen and oxygen atoms in total. The summed E-state index contributed by atoms with van der Waals surface area (Å²) in [4.78, 5) is 3.73. The molecule has 1 aromatic heterocycles. The lowest BCUT2D eigenvalue weighted by Gasteiger charge is -2.24. The van der Waals surface area contributed by atoms with Gasteiger partial charge in [0.2, 0.25) is 11.6 Å². The van der Waals surface area contributed by atoms with Gasteiger partial charge in [0.15, 0.2) is 0 Å². The summed E-state index contributed by atoms with van der Waals surface area (Å²) in [6, 6.07) is 6.53. The Morgan fingerprint density at radius 2 is 1.67 bits per heavy atom. The van der Waals surface area contributed by atoms with Crippen LogP contribution in [0.1, 0.15) is 6.42 Å². The average Bonchev–Trinajstić information content (AvgIpc) is 2.69. The van der Waals surface area contributed by atoms with Crippen molar-refractivity contribution in [2.75, 3.05) is 18.1 Å². The van der Waals surface area contributed by atoms with Crippen LogP contribution in [0, 0.1) is 23.5 Å². The molecule has 2 heterocycles. The zero-order chi connectivity index (χ0) is 15.0. The number of ether oxygens (including phenoxy) is 1. The number of halogens is 4. The van der Waals surface area contributed by atoms with Crippen molar-refractivity contribution in [3.63, 3.8) is 0 Å². The quantitative estimate of drug-likeness (QED) is 0.594. The zero-order valence-corrected chi connectivity index (χ0v) is 10.7. The Morgan fingerprint density at radius 1 is 1.00 bits per heavy atom. The number of para-hydroxylation sites is 2. The maximum absolute atomic E-state index is 13.9. The third-order valence-corrected chi connectivity index (χ3v) is 3.18. The van der Waals surface area contributed by atoms with Crippen molar-refractivity contribution in [1.82, 2.24) is 4.98 Å². The van der Waals surface area contributed by atoms with E-state index in [9.17, 15) is 17.6 Å². The van der Waals surface area contributed by atoms with E-state index in [-0.39, 0.29) is 6.54 Å². The van der Waals surface area contributed by atoms with E-state index in [0.29, 0.717) is 24.5 Å². The molecule has 1 aromatic carbocycles. The SMILES string of the molecule is Fc1nc(F)c(F)c(N2CCCOc3ccccc32)c1F.